The lowest BCUT2D eigenvalue weighted by Crippen LogP contribution is -2.36. The minimum Gasteiger partial charge on any atom is -0.357 e. The number of aromatic nitrogens is 2. The lowest BCUT2D eigenvalue weighted by molar-refractivity contribution is 0.206. The number of urea groups is 1. The van der Waals surface area contributed by atoms with Crippen molar-refractivity contribution in [2.75, 3.05) is 25.0 Å². The van der Waals surface area contributed by atoms with Gasteiger partial charge < -0.3 is 15.1 Å². The van der Waals surface area contributed by atoms with E-state index in [0.29, 0.717) is 13.1 Å². The molecular formula is C20H27N5O. The third-order valence-corrected chi connectivity index (χ3v) is 4.88. The van der Waals surface area contributed by atoms with Crippen LogP contribution in [0.2, 0.25) is 0 Å². The van der Waals surface area contributed by atoms with Crippen molar-refractivity contribution in [1.29, 1.82) is 0 Å². The van der Waals surface area contributed by atoms with Crippen molar-refractivity contribution in [2.45, 2.75) is 32.9 Å². The smallest absolute Gasteiger partial charge is 0.317 e. The number of hydrogen-bond acceptors (Lipinski definition) is 4. The molecule has 1 aliphatic rings. The van der Waals surface area contributed by atoms with Crippen LogP contribution in [0.4, 0.5) is 10.6 Å². The molecule has 1 N–H and O–H groups in total. The first kappa shape index (κ1) is 18.2. The Kier molecular flexibility index (Phi) is 6.04. The number of hydrogen-bond donors (Lipinski definition) is 1. The third-order valence-electron chi connectivity index (χ3n) is 4.88. The normalized spacial score (nSPS) is 14.9. The van der Waals surface area contributed by atoms with Gasteiger partial charge in [0.25, 0.3) is 0 Å². The van der Waals surface area contributed by atoms with Gasteiger partial charge in [-0.2, -0.15) is 0 Å². The molecule has 26 heavy (non-hydrogen) atoms. The molecule has 6 heteroatoms. The van der Waals surface area contributed by atoms with Crippen LogP contribution >= 0.6 is 0 Å². The summed E-state index contributed by atoms with van der Waals surface area (Å²) >= 11 is 0. The zero-order valence-electron chi connectivity index (χ0n) is 15.6. The van der Waals surface area contributed by atoms with Crippen LogP contribution < -0.4 is 10.2 Å². The first-order valence-corrected chi connectivity index (χ1v) is 9.19. The molecule has 1 aliphatic heterocycles. The fraction of sp³-hybridized carbons (Fsp3) is 0.450. The van der Waals surface area contributed by atoms with E-state index < -0.39 is 0 Å². The van der Waals surface area contributed by atoms with Gasteiger partial charge in [0.2, 0.25) is 0 Å². The lowest BCUT2D eigenvalue weighted by atomic mass is 9.99. The molecule has 1 fully saturated rings. The molecule has 0 spiro atoms. The van der Waals surface area contributed by atoms with E-state index >= 15 is 0 Å². The van der Waals surface area contributed by atoms with E-state index in [2.05, 4.69) is 33.2 Å². The predicted octanol–water partition coefficient (Wildman–Crippen LogP) is 3.05. The molecule has 0 aromatic carbocycles. The first-order chi connectivity index (χ1) is 12.6. The van der Waals surface area contributed by atoms with Crippen LogP contribution in [-0.4, -0.2) is 41.0 Å². The highest BCUT2D eigenvalue weighted by Crippen LogP contribution is 2.21. The highest BCUT2D eigenvalue weighted by atomic mass is 16.2. The summed E-state index contributed by atoms with van der Waals surface area (Å²) < 4.78 is 0. The Bertz CT molecular complexity index is 696. The molecule has 138 valence electrons. The van der Waals surface area contributed by atoms with Gasteiger partial charge in [-0.1, -0.05) is 13.0 Å². The molecule has 0 atom stereocenters. The summed E-state index contributed by atoms with van der Waals surface area (Å²) in [5.74, 6) is 1.84. The van der Waals surface area contributed by atoms with E-state index in [4.69, 9.17) is 0 Å². The average molecular weight is 353 g/mol. The number of carbonyl (C=O) groups excluding carboxylic acids is 1. The molecule has 0 unspecified atom stereocenters. The lowest BCUT2D eigenvalue weighted by Gasteiger charge is -2.31. The van der Waals surface area contributed by atoms with Crippen LogP contribution in [0.25, 0.3) is 0 Å². The predicted molar refractivity (Wildman–Crippen MR) is 103 cm³/mol. The SMILES string of the molecule is CC1CCN(c2ccc(CNC(=O)N(C)Cc3ccncc3)cn2)CC1. The molecule has 0 saturated carbocycles. The Balaban J connectivity index is 1.47. The minimum atomic E-state index is -0.101. The van der Waals surface area contributed by atoms with E-state index in [1.165, 1.54) is 12.8 Å². The number of pyridine rings is 2. The maximum atomic E-state index is 12.2. The Morgan fingerprint density at radius 1 is 1.19 bits per heavy atom. The van der Waals surface area contributed by atoms with E-state index in [-0.39, 0.29) is 6.03 Å². The monoisotopic (exact) mass is 353 g/mol. The molecule has 2 aromatic rings. The zero-order chi connectivity index (χ0) is 18.4. The summed E-state index contributed by atoms with van der Waals surface area (Å²) in [4.78, 5) is 24.8. The second-order valence-electron chi connectivity index (χ2n) is 7.06. The van der Waals surface area contributed by atoms with Crippen molar-refractivity contribution in [3.05, 3.63) is 54.0 Å². The van der Waals surface area contributed by atoms with Crippen molar-refractivity contribution >= 4 is 11.8 Å². The van der Waals surface area contributed by atoms with E-state index in [0.717, 1.165) is 36.0 Å². The Morgan fingerprint density at radius 3 is 2.58 bits per heavy atom. The molecule has 0 aliphatic carbocycles. The van der Waals surface area contributed by atoms with Crippen LogP contribution in [0.5, 0.6) is 0 Å². The van der Waals surface area contributed by atoms with Gasteiger partial charge in [-0.05, 0) is 48.1 Å². The van der Waals surface area contributed by atoms with Crippen molar-refractivity contribution in [1.82, 2.24) is 20.2 Å². The Labute approximate surface area is 155 Å². The molecule has 0 bridgehead atoms. The maximum Gasteiger partial charge on any atom is 0.317 e. The van der Waals surface area contributed by atoms with E-state index in [1.807, 2.05) is 24.4 Å². The van der Waals surface area contributed by atoms with Gasteiger partial charge in [-0.3, -0.25) is 4.98 Å². The standard InChI is InChI=1S/C20H27N5O/c1-16-7-11-25(12-8-16)19-4-3-18(13-22-19)14-23-20(26)24(2)15-17-5-9-21-10-6-17/h3-6,9-10,13,16H,7-8,11-12,14-15H2,1-2H3,(H,23,26). The topological polar surface area (TPSA) is 61.4 Å². The van der Waals surface area contributed by atoms with E-state index in [9.17, 15) is 4.79 Å². The molecule has 0 radical (unpaired) electrons. The molecule has 3 heterocycles. The average Bonchev–Trinajstić information content (AvgIpc) is 2.68. The number of carbonyl (C=O) groups is 1. The molecule has 2 amide bonds. The summed E-state index contributed by atoms with van der Waals surface area (Å²) in [5, 5.41) is 2.94. The maximum absolute atomic E-state index is 12.2. The van der Waals surface area contributed by atoms with E-state index in [1.54, 1.807) is 24.3 Å². The number of nitrogens with one attached hydrogen (secondary N) is 1. The highest BCUT2D eigenvalue weighted by Gasteiger charge is 2.16. The van der Waals surface area contributed by atoms with Gasteiger partial charge in [-0.25, -0.2) is 9.78 Å². The molecule has 2 aromatic heterocycles. The second-order valence-corrected chi connectivity index (χ2v) is 7.06. The largest absolute Gasteiger partial charge is 0.357 e. The van der Waals surface area contributed by atoms with Crippen LogP contribution in [-0.2, 0) is 13.1 Å². The summed E-state index contributed by atoms with van der Waals surface area (Å²) in [6.45, 7) is 5.49. The third kappa shape index (κ3) is 4.94. The van der Waals surface area contributed by atoms with Crippen LogP contribution in [0.1, 0.15) is 30.9 Å². The fourth-order valence-corrected chi connectivity index (χ4v) is 3.09. The fourth-order valence-electron chi connectivity index (χ4n) is 3.09. The van der Waals surface area contributed by atoms with Gasteiger partial charge in [-0.15, -0.1) is 0 Å². The van der Waals surface area contributed by atoms with Gasteiger partial charge >= 0.3 is 6.03 Å². The molecule has 6 nitrogen and oxygen atoms in total. The van der Waals surface area contributed by atoms with Crippen LogP contribution in [0, 0.1) is 5.92 Å². The Hall–Kier alpha value is -2.63. The summed E-state index contributed by atoms with van der Waals surface area (Å²) in [7, 11) is 1.79. The van der Waals surface area contributed by atoms with Crippen molar-refractivity contribution in [3.63, 3.8) is 0 Å². The number of nitrogens with zero attached hydrogens (tertiary/aromatic N) is 4. The van der Waals surface area contributed by atoms with Gasteiger partial charge in [0.05, 0.1) is 0 Å². The highest BCUT2D eigenvalue weighted by molar-refractivity contribution is 5.73. The minimum absolute atomic E-state index is 0.101. The number of piperidine rings is 1. The van der Waals surface area contributed by atoms with Crippen LogP contribution in [0.15, 0.2) is 42.9 Å². The van der Waals surface area contributed by atoms with Crippen molar-refractivity contribution in [2.24, 2.45) is 5.92 Å². The molecule has 1 saturated heterocycles. The first-order valence-electron chi connectivity index (χ1n) is 9.19. The quantitative estimate of drug-likeness (QED) is 0.897. The zero-order valence-corrected chi connectivity index (χ0v) is 15.6. The van der Waals surface area contributed by atoms with Gasteiger partial charge in [0, 0.05) is 51.8 Å². The second kappa shape index (κ2) is 8.65. The Morgan fingerprint density at radius 2 is 1.92 bits per heavy atom. The van der Waals surface area contributed by atoms with Gasteiger partial charge in [0.1, 0.15) is 5.82 Å². The molecule has 3 rings (SSSR count). The molecular weight excluding hydrogens is 326 g/mol. The van der Waals surface area contributed by atoms with Crippen molar-refractivity contribution in [3.8, 4) is 0 Å². The number of amides is 2. The number of rotatable bonds is 5. The van der Waals surface area contributed by atoms with Gasteiger partial charge in [0.15, 0.2) is 0 Å². The number of anilines is 1. The summed E-state index contributed by atoms with van der Waals surface area (Å²) in [5.41, 5.74) is 2.06. The summed E-state index contributed by atoms with van der Waals surface area (Å²) in [6.07, 6.45) is 7.78. The summed E-state index contributed by atoms with van der Waals surface area (Å²) in [6, 6.07) is 7.82. The van der Waals surface area contributed by atoms with Crippen LogP contribution in [0.3, 0.4) is 0 Å². The van der Waals surface area contributed by atoms with Crippen molar-refractivity contribution < 1.29 is 4.79 Å².